The number of halogens is 1. The van der Waals surface area contributed by atoms with Gasteiger partial charge in [0.1, 0.15) is 5.82 Å². The molecule has 0 unspecified atom stereocenters. The second kappa shape index (κ2) is 6.95. The van der Waals surface area contributed by atoms with E-state index in [2.05, 4.69) is 4.40 Å². The summed E-state index contributed by atoms with van der Waals surface area (Å²) in [5.74, 6) is -0.305. The molecule has 5 nitrogen and oxygen atoms in total. The van der Waals surface area contributed by atoms with E-state index in [1.54, 1.807) is 6.07 Å². The molecule has 1 heterocycles. The molecule has 0 spiro atoms. The van der Waals surface area contributed by atoms with E-state index in [0.29, 0.717) is 0 Å². The molecule has 0 saturated carbocycles. The van der Waals surface area contributed by atoms with Crippen LogP contribution in [0.5, 0.6) is 0 Å². The number of imide groups is 1. The van der Waals surface area contributed by atoms with Gasteiger partial charge in [-0.1, -0.05) is 29.9 Å². The first-order valence-corrected chi connectivity index (χ1v) is 8.58. The Hall–Kier alpha value is -1.54. The summed E-state index contributed by atoms with van der Waals surface area (Å²) < 4.78 is 18.0. The molecule has 1 aliphatic rings. The molecule has 8 heteroatoms. The van der Waals surface area contributed by atoms with Gasteiger partial charge < -0.3 is 0 Å². The van der Waals surface area contributed by atoms with E-state index in [1.807, 2.05) is 6.92 Å². The number of amides is 3. The number of urea groups is 1. The Labute approximate surface area is 130 Å². The molecule has 1 aliphatic heterocycles. The summed E-state index contributed by atoms with van der Waals surface area (Å²) in [6.45, 7) is 2.03. The number of nitrogens with zero attached hydrogens (tertiary/aromatic N) is 3. The molecular formula is C13H14FN3O2S2. The van der Waals surface area contributed by atoms with Crippen LogP contribution in [-0.4, -0.2) is 35.5 Å². The number of carbonyl (C=O) groups is 2. The van der Waals surface area contributed by atoms with Crippen molar-refractivity contribution in [3.63, 3.8) is 0 Å². The third-order valence-corrected chi connectivity index (χ3v) is 4.71. The minimum Gasteiger partial charge on any atom is -0.265 e. The second-order valence-corrected chi connectivity index (χ2v) is 6.37. The fourth-order valence-corrected chi connectivity index (χ4v) is 3.30. The fourth-order valence-electron chi connectivity index (χ4n) is 1.69. The van der Waals surface area contributed by atoms with Gasteiger partial charge in [-0.05, 0) is 18.6 Å². The van der Waals surface area contributed by atoms with Gasteiger partial charge in [-0.15, -0.1) is 0 Å². The average molecular weight is 327 g/mol. The van der Waals surface area contributed by atoms with Crippen molar-refractivity contribution in [3.05, 3.63) is 30.1 Å². The van der Waals surface area contributed by atoms with Crippen LogP contribution >= 0.6 is 21.8 Å². The first-order chi connectivity index (χ1) is 10.1. The summed E-state index contributed by atoms with van der Waals surface area (Å²) >= 11 is 0. The Morgan fingerprint density at radius 1 is 1.29 bits per heavy atom. The van der Waals surface area contributed by atoms with E-state index in [4.69, 9.17) is 0 Å². The second-order valence-electron chi connectivity index (χ2n) is 4.24. The Kier molecular flexibility index (Phi) is 5.24. The number of para-hydroxylation sites is 1. The maximum absolute atomic E-state index is 13.9. The van der Waals surface area contributed by atoms with Crippen molar-refractivity contribution < 1.29 is 14.0 Å². The average Bonchev–Trinajstić information content (AvgIpc) is 2.69. The van der Waals surface area contributed by atoms with Crippen LogP contribution in [0.15, 0.2) is 28.7 Å². The van der Waals surface area contributed by atoms with Gasteiger partial charge in [-0.25, -0.2) is 14.1 Å². The highest BCUT2D eigenvalue weighted by molar-refractivity contribution is 8.76. The molecule has 0 bridgehead atoms. The maximum Gasteiger partial charge on any atom is 0.337 e. The summed E-state index contributed by atoms with van der Waals surface area (Å²) in [5.41, 5.74) is 0.0278. The Bertz CT molecular complexity index is 595. The van der Waals surface area contributed by atoms with E-state index in [0.717, 1.165) is 33.0 Å². The van der Waals surface area contributed by atoms with E-state index in [9.17, 15) is 14.0 Å². The lowest BCUT2D eigenvalue weighted by Crippen LogP contribution is -2.32. The lowest BCUT2D eigenvalue weighted by atomic mass is 10.3. The lowest BCUT2D eigenvalue weighted by molar-refractivity contribution is -0.119. The van der Waals surface area contributed by atoms with Crippen molar-refractivity contribution in [1.82, 2.24) is 4.90 Å². The van der Waals surface area contributed by atoms with Gasteiger partial charge in [0.2, 0.25) is 5.84 Å². The first kappa shape index (κ1) is 15.8. The molecule has 1 saturated heterocycles. The maximum atomic E-state index is 13.9. The standard InChI is InChI=1S/C13H14FN3O2S2/c1-3-8-20-21-15-11-12(18)16(2)13(19)17(11)10-7-5-4-6-9(10)14/h4-7H,3,8H2,1-2H3. The van der Waals surface area contributed by atoms with E-state index in [-0.39, 0.29) is 11.5 Å². The number of benzene rings is 1. The number of anilines is 1. The minimum atomic E-state index is -0.607. The van der Waals surface area contributed by atoms with E-state index in [1.165, 1.54) is 36.0 Å². The molecule has 1 aromatic rings. The molecule has 1 fully saturated rings. The zero-order valence-corrected chi connectivity index (χ0v) is 13.2. The number of hydrogen-bond acceptors (Lipinski definition) is 5. The number of hydrogen-bond donors (Lipinski definition) is 0. The smallest absolute Gasteiger partial charge is 0.265 e. The highest BCUT2D eigenvalue weighted by Gasteiger charge is 2.42. The number of amidine groups is 1. The fraction of sp³-hybridized carbons (Fsp3) is 0.308. The highest BCUT2D eigenvalue weighted by Crippen LogP contribution is 2.29. The van der Waals surface area contributed by atoms with Crippen molar-refractivity contribution >= 4 is 45.2 Å². The van der Waals surface area contributed by atoms with Crippen molar-refractivity contribution in [2.45, 2.75) is 13.3 Å². The highest BCUT2D eigenvalue weighted by atomic mass is 33.1. The van der Waals surface area contributed by atoms with Gasteiger partial charge in [0, 0.05) is 23.8 Å². The van der Waals surface area contributed by atoms with Crippen LogP contribution in [0.2, 0.25) is 0 Å². The van der Waals surface area contributed by atoms with Gasteiger partial charge in [-0.3, -0.25) is 9.69 Å². The van der Waals surface area contributed by atoms with Crippen LogP contribution in [0, 0.1) is 5.82 Å². The van der Waals surface area contributed by atoms with Gasteiger partial charge in [0.05, 0.1) is 5.69 Å². The number of rotatable bonds is 5. The molecule has 2 rings (SSSR count). The third-order valence-electron chi connectivity index (χ3n) is 2.74. The van der Waals surface area contributed by atoms with Crippen molar-refractivity contribution in [3.8, 4) is 0 Å². The molecule has 3 amide bonds. The van der Waals surface area contributed by atoms with Crippen LogP contribution in [0.3, 0.4) is 0 Å². The number of likely N-dealkylation sites (N-methyl/N-ethyl adjacent to an activating group) is 1. The van der Waals surface area contributed by atoms with Crippen molar-refractivity contribution in [2.24, 2.45) is 4.40 Å². The van der Waals surface area contributed by atoms with Crippen LogP contribution in [0.25, 0.3) is 0 Å². The molecule has 0 radical (unpaired) electrons. The molecule has 0 aromatic heterocycles. The summed E-state index contributed by atoms with van der Waals surface area (Å²) in [7, 11) is 3.95. The van der Waals surface area contributed by atoms with Gasteiger partial charge in [0.25, 0.3) is 5.91 Å². The van der Waals surface area contributed by atoms with Crippen LogP contribution in [-0.2, 0) is 4.79 Å². The summed E-state index contributed by atoms with van der Waals surface area (Å²) in [5, 5.41) is 0. The third kappa shape index (κ3) is 3.21. The van der Waals surface area contributed by atoms with Gasteiger partial charge in [0.15, 0.2) is 0 Å². The van der Waals surface area contributed by atoms with Crippen LogP contribution < -0.4 is 4.90 Å². The quantitative estimate of drug-likeness (QED) is 0.360. The van der Waals surface area contributed by atoms with Gasteiger partial charge >= 0.3 is 6.03 Å². The predicted molar refractivity (Wildman–Crippen MR) is 84.8 cm³/mol. The summed E-state index contributed by atoms with van der Waals surface area (Å²) in [4.78, 5) is 26.1. The summed E-state index contributed by atoms with van der Waals surface area (Å²) in [6, 6.07) is 5.20. The normalized spacial score (nSPS) is 17.2. The molecular weight excluding hydrogens is 313 g/mol. The molecule has 0 N–H and O–H groups in total. The minimum absolute atomic E-state index is 0.0278. The van der Waals surface area contributed by atoms with E-state index >= 15 is 0 Å². The van der Waals surface area contributed by atoms with E-state index < -0.39 is 17.8 Å². The van der Waals surface area contributed by atoms with Crippen LogP contribution in [0.4, 0.5) is 14.9 Å². The Morgan fingerprint density at radius 3 is 2.67 bits per heavy atom. The summed E-state index contributed by atoms with van der Waals surface area (Å²) in [6.07, 6.45) is 0.978. The topological polar surface area (TPSA) is 53.0 Å². The molecule has 0 atom stereocenters. The monoisotopic (exact) mass is 327 g/mol. The largest absolute Gasteiger partial charge is 0.337 e. The lowest BCUT2D eigenvalue weighted by Gasteiger charge is -2.15. The zero-order valence-electron chi connectivity index (χ0n) is 11.6. The predicted octanol–water partition coefficient (Wildman–Crippen LogP) is 3.33. The molecule has 112 valence electrons. The Balaban J connectivity index is 2.33. The number of carbonyl (C=O) groups excluding carboxylic acids is 2. The molecule has 21 heavy (non-hydrogen) atoms. The molecule has 1 aromatic carbocycles. The van der Waals surface area contributed by atoms with Crippen LogP contribution in [0.1, 0.15) is 13.3 Å². The van der Waals surface area contributed by atoms with Crippen molar-refractivity contribution in [1.29, 1.82) is 0 Å². The Morgan fingerprint density at radius 2 is 2.00 bits per heavy atom. The SMILES string of the molecule is CCCSSN=C1C(=O)N(C)C(=O)N1c1ccccc1F. The van der Waals surface area contributed by atoms with Crippen molar-refractivity contribution in [2.75, 3.05) is 17.7 Å². The zero-order chi connectivity index (χ0) is 15.4. The molecule has 0 aliphatic carbocycles. The van der Waals surface area contributed by atoms with Gasteiger partial charge in [-0.2, -0.15) is 4.40 Å². The first-order valence-electron chi connectivity index (χ1n) is 6.31.